The summed E-state index contributed by atoms with van der Waals surface area (Å²) in [4.78, 5) is 0. The van der Waals surface area contributed by atoms with Gasteiger partial charge in [-0.2, -0.15) is 0 Å². The summed E-state index contributed by atoms with van der Waals surface area (Å²) >= 11 is 0. The predicted molar refractivity (Wildman–Crippen MR) is 54.1 cm³/mol. The lowest BCUT2D eigenvalue weighted by Crippen LogP contribution is -1.88. The zero-order chi connectivity index (χ0) is 8.81. The summed E-state index contributed by atoms with van der Waals surface area (Å²) in [6.07, 6.45) is 4.79. The molecule has 1 rings (SSSR count). The molecule has 0 aliphatic carbocycles. The predicted octanol–water partition coefficient (Wildman–Crippen LogP) is 3.54. The number of rotatable bonds is 4. The first kappa shape index (κ1) is 9.31. The van der Waals surface area contributed by atoms with Gasteiger partial charge in [0.05, 0.1) is 0 Å². The molecule has 1 radical (unpaired) electrons. The van der Waals surface area contributed by atoms with Crippen LogP contribution in [0.25, 0.3) is 0 Å². The monoisotopic (exact) mass is 161 g/mol. The summed E-state index contributed by atoms with van der Waals surface area (Å²) in [5.41, 5.74) is 2.91. The third-order valence-electron chi connectivity index (χ3n) is 2.21. The summed E-state index contributed by atoms with van der Waals surface area (Å²) in [7, 11) is 0. The lowest BCUT2D eigenvalue weighted by molar-refractivity contribution is 0.743. The topological polar surface area (TPSA) is 0 Å². The molecule has 0 saturated heterocycles. The van der Waals surface area contributed by atoms with Crippen molar-refractivity contribution in [2.24, 2.45) is 0 Å². The first-order valence-electron chi connectivity index (χ1n) is 4.68. The zero-order valence-corrected chi connectivity index (χ0v) is 7.84. The average molecular weight is 161 g/mol. The van der Waals surface area contributed by atoms with E-state index in [9.17, 15) is 0 Å². The highest BCUT2D eigenvalue weighted by molar-refractivity contribution is 5.25. The van der Waals surface area contributed by atoms with Crippen molar-refractivity contribution < 1.29 is 0 Å². The molecule has 0 saturated carbocycles. The highest BCUT2D eigenvalue weighted by Gasteiger charge is 1.95. The van der Waals surface area contributed by atoms with Crippen molar-refractivity contribution in [1.29, 1.82) is 0 Å². The van der Waals surface area contributed by atoms with Crippen LogP contribution < -0.4 is 0 Å². The van der Waals surface area contributed by atoms with Gasteiger partial charge in [-0.3, -0.25) is 0 Å². The molecule has 0 N–H and O–H groups in total. The first-order valence-corrected chi connectivity index (χ1v) is 4.68. The van der Waals surface area contributed by atoms with Crippen LogP contribution in [0.3, 0.4) is 0 Å². The van der Waals surface area contributed by atoms with Crippen LogP contribution in [0.1, 0.15) is 30.4 Å². The Morgan fingerprint density at radius 3 is 2.58 bits per heavy atom. The highest BCUT2D eigenvalue weighted by atomic mass is 14.0. The molecule has 0 aliphatic rings. The van der Waals surface area contributed by atoms with Crippen LogP contribution in [0.5, 0.6) is 0 Å². The molecule has 12 heavy (non-hydrogen) atoms. The van der Waals surface area contributed by atoms with Gasteiger partial charge in [0.15, 0.2) is 0 Å². The fraction of sp³-hybridized carbons (Fsp3) is 0.417. The zero-order valence-electron chi connectivity index (χ0n) is 7.84. The Morgan fingerprint density at radius 2 is 1.92 bits per heavy atom. The van der Waals surface area contributed by atoms with Gasteiger partial charge in [0.1, 0.15) is 0 Å². The van der Waals surface area contributed by atoms with Crippen LogP contribution in [0.15, 0.2) is 24.3 Å². The second-order valence-corrected chi connectivity index (χ2v) is 3.24. The van der Waals surface area contributed by atoms with E-state index in [2.05, 4.69) is 38.1 Å². The first-order chi connectivity index (χ1) is 5.84. The molecule has 0 fully saturated rings. The Labute approximate surface area is 75.6 Å². The summed E-state index contributed by atoms with van der Waals surface area (Å²) in [6.45, 7) is 6.02. The Kier molecular flexibility index (Phi) is 3.86. The lowest BCUT2D eigenvalue weighted by Gasteiger charge is -2.03. The van der Waals surface area contributed by atoms with Gasteiger partial charge in [-0.1, -0.05) is 44.0 Å². The molecule has 1 aromatic carbocycles. The highest BCUT2D eigenvalue weighted by Crippen LogP contribution is 2.10. The van der Waals surface area contributed by atoms with E-state index in [1.807, 2.05) is 0 Å². The third-order valence-corrected chi connectivity index (χ3v) is 2.21. The van der Waals surface area contributed by atoms with E-state index in [4.69, 9.17) is 0 Å². The quantitative estimate of drug-likeness (QED) is 0.592. The smallest absolute Gasteiger partial charge is 0.0276 e. The molecule has 0 aliphatic heterocycles. The molecule has 0 bridgehead atoms. The molecule has 0 heterocycles. The second kappa shape index (κ2) is 4.97. The standard InChI is InChI=1S/C12H17/c1-3-4-5-9-12-10-7-6-8-11(12)2/h6-8,10H,1,3-5,9H2,2H3. The molecule has 0 atom stereocenters. The van der Waals surface area contributed by atoms with Crippen molar-refractivity contribution in [2.45, 2.75) is 32.6 Å². The number of benzene rings is 1. The Hall–Kier alpha value is -0.780. The van der Waals surface area contributed by atoms with Crippen molar-refractivity contribution in [3.05, 3.63) is 42.3 Å². The normalized spacial score (nSPS) is 10.2. The SMILES string of the molecule is [CH2]CCCCc1ccccc1C. The van der Waals surface area contributed by atoms with Crippen molar-refractivity contribution in [1.82, 2.24) is 0 Å². The maximum absolute atomic E-state index is 3.84. The van der Waals surface area contributed by atoms with Gasteiger partial charge >= 0.3 is 0 Å². The van der Waals surface area contributed by atoms with Crippen LogP contribution in [0.4, 0.5) is 0 Å². The van der Waals surface area contributed by atoms with E-state index in [1.165, 1.54) is 30.4 Å². The van der Waals surface area contributed by atoms with Crippen molar-refractivity contribution in [3.8, 4) is 0 Å². The molecule has 0 unspecified atom stereocenters. The molecule has 0 heteroatoms. The van der Waals surface area contributed by atoms with Gasteiger partial charge in [-0.25, -0.2) is 0 Å². The van der Waals surface area contributed by atoms with Gasteiger partial charge in [0, 0.05) is 0 Å². The van der Waals surface area contributed by atoms with E-state index in [1.54, 1.807) is 0 Å². The fourth-order valence-corrected chi connectivity index (χ4v) is 1.38. The molecule has 0 aromatic heterocycles. The molecule has 1 aromatic rings. The number of aryl methyl sites for hydroxylation is 2. The Bertz CT molecular complexity index is 225. The van der Waals surface area contributed by atoms with E-state index in [-0.39, 0.29) is 0 Å². The third kappa shape index (κ3) is 2.69. The van der Waals surface area contributed by atoms with Crippen molar-refractivity contribution in [3.63, 3.8) is 0 Å². The van der Waals surface area contributed by atoms with Gasteiger partial charge in [0.2, 0.25) is 0 Å². The maximum Gasteiger partial charge on any atom is -0.0276 e. The van der Waals surface area contributed by atoms with Crippen LogP contribution >= 0.6 is 0 Å². The Balaban J connectivity index is 2.46. The van der Waals surface area contributed by atoms with Crippen LogP contribution in [0, 0.1) is 13.8 Å². The number of hydrogen-bond donors (Lipinski definition) is 0. The Morgan fingerprint density at radius 1 is 1.17 bits per heavy atom. The lowest BCUT2D eigenvalue weighted by atomic mass is 10.0. The summed E-state index contributed by atoms with van der Waals surface area (Å²) in [5.74, 6) is 0. The molecule has 65 valence electrons. The van der Waals surface area contributed by atoms with Gasteiger partial charge in [-0.15, -0.1) is 0 Å². The van der Waals surface area contributed by atoms with Gasteiger partial charge in [-0.05, 0) is 30.9 Å². The van der Waals surface area contributed by atoms with E-state index in [0.29, 0.717) is 0 Å². The second-order valence-electron chi connectivity index (χ2n) is 3.24. The molecule has 0 nitrogen and oxygen atoms in total. The minimum absolute atomic E-state index is 1.06. The van der Waals surface area contributed by atoms with E-state index < -0.39 is 0 Å². The van der Waals surface area contributed by atoms with Crippen molar-refractivity contribution in [2.75, 3.05) is 0 Å². The summed E-state index contributed by atoms with van der Waals surface area (Å²) in [6, 6.07) is 8.62. The number of hydrogen-bond acceptors (Lipinski definition) is 0. The van der Waals surface area contributed by atoms with Crippen molar-refractivity contribution >= 4 is 0 Å². The van der Waals surface area contributed by atoms with Crippen LogP contribution in [-0.4, -0.2) is 0 Å². The van der Waals surface area contributed by atoms with E-state index in [0.717, 1.165) is 6.42 Å². The fourth-order valence-electron chi connectivity index (χ4n) is 1.38. The van der Waals surface area contributed by atoms with Crippen LogP contribution in [0.2, 0.25) is 0 Å². The van der Waals surface area contributed by atoms with Crippen LogP contribution in [-0.2, 0) is 6.42 Å². The molecular formula is C12H17. The van der Waals surface area contributed by atoms with Gasteiger partial charge < -0.3 is 0 Å². The average Bonchev–Trinajstić information content (AvgIpc) is 2.09. The molecule has 0 amide bonds. The number of unbranched alkanes of at least 4 members (excludes halogenated alkanes) is 2. The molecular weight excluding hydrogens is 144 g/mol. The minimum Gasteiger partial charge on any atom is -0.0620 e. The summed E-state index contributed by atoms with van der Waals surface area (Å²) in [5, 5.41) is 0. The summed E-state index contributed by atoms with van der Waals surface area (Å²) < 4.78 is 0. The maximum atomic E-state index is 3.84. The van der Waals surface area contributed by atoms with E-state index >= 15 is 0 Å². The minimum atomic E-state index is 1.06. The van der Waals surface area contributed by atoms with Gasteiger partial charge in [0.25, 0.3) is 0 Å². The molecule has 0 spiro atoms. The largest absolute Gasteiger partial charge is 0.0620 e.